The molecule has 2 aliphatic heterocycles. The van der Waals surface area contributed by atoms with Crippen molar-refractivity contribution in [1.82, 2.24) is 15.5 Å². The Bertz CT molecular complexity index is 346. The number of nitrogens with zero attached hydrogens (tertiary/aromatic N) is 2. The van der Waals surface area contributed by atoms with Gasteiger partial charge >= 0.3 is 0 Å². The summed E-state index contributed by atoms with van der Waals surface area (Å²) in [6.07, 6.45) is 7.21. The van der Waals surface area contributed by atoms with Crippen molar-refractivity contribution >= 4 is 29.9 Å². The summed E-state index contributed by atoms with van der Waals surface area (Å²) >= 11 is 0. The smallest absolute Gasteiger partial charge is 0.190 e. The molecule has 0 bridgehead atoms. The zero-order valence-corrected chi connectivity index (χ0v) is 18.1. The molecule has 25 heavy (non-hydrogen) atoms. The third-order valence-corrected chi connectivity index (χ3v) is 4.82. The van der Waals surface area contributed by atoms with Crippen LogP contribution in [0.5, 0.6) is 0 Å². The highest BCUT2D eigenvalue weighted by Crippen LogP contribution is 2.14. The van der Waals surface area contributed by atoms with Gasteiger partial charge in [-0.2, -0.15) is 0 Å². The van der Waals surface area contributed by atoms with E-state index < -0.39 is 0 Å². The van der Waals surface area contributed by atoms with Gasteiger partial charge in [0.2, 0.25) is 0 Å². The average Bonchev–Trinajstić information content (AvgIpc) is 3.14. The molecule has 2 fully saturated rings. The normalized spacial score (nSPS) is 19.6. The zero-order valence-electron chi connectivity index (χ0n) is 15.8. The van der Waals surface area contributed by atoms with Gasteiger partial charge in [0, 0.05) is 46.6 Å². The van der Waals surface area contributed by atoms with E-state index in [2.05, 4.69) is 20.5 Å². The number of likely N-dealkylation sites (tertiary alicyclic amines) is 1. The fraction of sp³-hybridized carbons (Fsp3) is 0.944. The Hall–Kier alpha value is -0.120. The van der Waals surface area contributed by atoms with E-state index in [-0.39, 0.29) is 24.0 Å². The van der Waals surface area contributed by atoms with Gasteiger partial charge in [-0.25, -0.2) is 0 Å². The number of ether oxygens (including phenoxy) is 2. The Balaban J connectivity index is 0.00000312. The second kappa shape index (κ2) is 15.0. The van der Waals surface area contributed by atoms with Crippen LogP contribution in [0.25, 0.3) is 0 Å². The van der Waals surface area contributed by atoms with Crippen molar-refractivity contribution in [3.05, 3.63) is 0 Å². The standard InChI is InChI=1S/C18H36N4O2.HI/c1-19-18(20-8-4-12-22-10-2-3-11-22)21-9-5-13-24-16-17-6-14-23-15-7-17;/h17H,2-16H2,1H3,(H2,19,20,21);1H. The van der Waals surface area contributed by atoms with Crippen molar-refractivity contribution in [3.63, 3.8) is 0 Å². The number of hydrogen-bond acceptors (Lipinski definition) is 4. The molecule has 6 nitrogen and oxygen atoms in total. The van der Waals surface area contributed by atoms with Crippen LogP contribution in [0.3, 0.4) is 0 Å². The lowest BCUT2D eigenvalue weighted by molar-refractivity contribution is 0.0203. The lowest BCUT2D eigenvalue weighted by Gasteiger charge is -2.21. The molecule has 148 valence electrons. The fourth-order valence-electron chi connectivity index (χ4n) is 3.28. The first kappa shape index (κ1) is 22.9. The van der Waals surface area contributed by atoms with Crippen LogP contribution in [0.4, 0.5) is 0 Å². The molecule has 0 spiro atoms. The van der Waals surface area contributed by atoms with Crippen molar-refractivity contribution < 1.29 is 9.47 Å². The summed E-state index contributed by atoms with van der Waals surface area (Å²) in [7, 11) is 1.83. The highest BCUT2D eigenvalue weighted by molar-refractivity contribution is 14.0. The van der Waals surface area contributed by atoms with Gasteiger partial charge in [-0.3, -0.25) is 4.99 Å². The van der Waals surface area contributed by atoms with E-state index in [1.165, 1.54) is 38.9 Å². The lowest BCUT2D eigenvalue weighted by atomic mass is 10.0. The van der Waals surface area contributed by atoms with Gasteiger partial charge in [-0.15, -0.1) is 24.0 Å². The predicted octanol–water partition coefficient (Wildman–Crippen LogP) is 2.09. The first-order chi connectivity index (χ1) is 11.9. The predicted molar refractivity (Wildman–Crippen MR) is 114 cm³/mol. The summed E-state index contributed by atoms with van der Waals surface area (Å²) < 4.78 is 11.1. The Morgan fingerprint density at radius 3 is 2.48 bits per heavy atom. The van der Waals surface area contributed by atoms with Crippen molar-refractivity contribution in [2.75, 3.05) is 66.2 Å². The molecule has 0 aliphatic carbocycles. The highest BCUT2D eigenvalue weighted by Gasteiger charge is 2.13. The number of nitrogens with one attached hydrogen (secondary N) is 2. The number of guanidine groups is 1. The molecule has 0 amide bonds. The molecule has 2 N–H and O–H groups in total. The van der Waals surface area contributed by atoms with Gasteiger partial charge in [-0.05, 0) is 64.1 Å². The Morgan fingerprint density at radius 1 is 1.12 bits per heavy atom. The second-order valence-electron chi connectivity index (χ2n) is 6.81. The van der Waals surface area contributed by atoms with Crippen LogP contribution >= 0.6 is 24.0 Å². The number of halogens is 1. The molecule has 0 unspecified atom stereocenters. The van der Waals surface area contributed by atoms with Gasteiger partial charge < -0.3 is 25.0 Å². The molecule has 0 aromatic rings. The molecular weight excluding hydrogens is 431 g/mol. The van der Waals surface area contributed by atoms with E-state index in [1.807, 2.05) is 7.05 Å². The highest BCUT2D eigenvalue weighted by atomic mass is 127. The van der Waals surface area contributed by atoms with Crippen LogP contribution in [0.2, 0.25) is 0 Å². The average molecular weight is 468 g/mol. The number of hydrogen-bond donors (Lipinski definition) is 2. The summed E-state index contributed by atoms with van der Waals surface area (Å²) in [4.78, 5) is 6.82. The molecule has 0 aromatic carbocycles. The molecule has 0 saturated carbocycles. The molecule has 0 radical (unpaired) electrons. The summed E-state index contributed by atoms with van der Waals surface area (Å²) in [5.74, 6) is 1.59. The summed E-state index contributed by atoms with van der Waals surface area (Å²) in [6, 6.07) is 0. The fourth-order valence-corrected chi connectivity index (χ4v) is 3.28. The molecular formula is C18H37IN4O2. The third-order valence-electron chi connectivity index (χ3n) is 4.82. The van der Waals surface area contributed by atoms with Crippen LogP contribution in [0, 0.1) is 5.92 Å². The van der Waals surface area contributed by atoms with Gasteiger partial charge in [0.15, 0.2) is 5.96 Å². The summed E-state index contributed by atoms with van der Waals surface area (Å²) in [5, 5.41) is 6.76. The Labute approximate surface area is 170 Å². The number of aliphatic imine (C=N–C) groups is 1. The van der Waals surface area contributed by atoms with Gasteiger partial charge in [-0.1, -0.05) is 0 Å². The van der Waals surface area contributed by atoms with Crippen LogP contribution in [0.1, 0.15) is 38.5 Å². The summed E-state index contributed by atoms with van der Waals surface area (Å²) in [6.45, 7) is 9.13. The van der Waals surface area contributed by atoms with Crippen LogP contribution in [-0.4, -0.2) is 77.1 Å². The maximum atomic E-state index is 5.78. The third kappa shape index (κ3) is 10.6. The van der Waals surface area contributed by atoms with Crippen molar-refractivity contribution in [2.24, 2.45) is 10.9 Å². The van der Waals surface area contributed by atoms with E-state index in [4.69, 9.17) is 9.47 Å². The minimum absolute atomic E-state index is 0. The van der Waals surface area contributed by atoms with Crippen LogP contribution in [0.15, 0.2) is 4.99 Å². The van der Waals surface area contributed by atoms with E-state index in [9.17, 15) is 0 Å². The van der Waals surface area contributed by atoms with Crippen LogP contribution in [-0.2, 0) is 9.47 Å². The van der Waals surface area contributed by atoms with Crippen molar-refractivity contribution in [1.29, 1.82) is 0 Å². The zero-order chi connectivity index (χ0) is 16.9. The maximum absolute atomic E-state index is 5.78. The van der Waals surface area contributed by atoms with E-state index >= 15 is 0 Å². The van der Waals surface area contributed by atoms with E-state index in [1.54, 1.807) is 0 Å². The quantitative estimate of drug-likeness (QED) is 0.223. The molecule has 2 heterocycles. The van der Waals surface area contributed by atoms with Gasteiger partial charge in [0.1, 0.15) is 0 Å². The molecule has 2 saturated heterocycles. The topological polar surface area (TPSA) is 58.1 Å². The first-order valence-electron chi connectivity index (χ1n) is 9.71. The van der Waals surface area contributed by atoms with Crippen molar-refractivity contribution in [2.45, 2.75) is 38.5 Å². The van der Waals surface area contributed by atoms with E-state index in [0.29, 0.717) is 5.92 Å². The molecule has 7 heteroatoms. The largest absolute Gasteiger partial charge is 0.381 e. The number of rotatable bonds is 10. The molecule has 0 atom stereocenters. The van der Waals surface area contributed by atoms with Crippen LogP contribution < -0.4 is 10.6 Å². The molecule has 2 rings (SSSR count). The lowest BCUT2D eigenvalue weighted by Crippen LogP contribution is -2.39. The molecule has 2 aliphatic rings. The van der Waals surface area contributed by atoms with Crippen molar-refractivity contribution in [3.8, 4) is 0 Å². The van der Waals surface area contributed by atoms with E-state index in [0.717, 1.165) is 64.7 Å². The Kier molecular flexibility index (Phi) is 13.7. The van der Waals surface area contributed by atoms with Gasteiger partial charge in [0.25, 0.3) is 0 Å². The minimum atomic E-state index is 0. The Morgan fingerprint density at radius 2 is 1.80 bits per heavy atom. The SMILES string of the molecule is CN=C(NCCCOCC1CCOCC1)NCCCN1CCCC1.I. The summed E-state index contributed by atoms with van der Waals surface area (Å²) in [5.41, 5.74) is 0. The minimum Gasteiger partial charge on any atom is -0.381 e. The second-order valence-corrected chi connectivity index (χ2v) is 6.81. The first-order valence-corrected chi connectivity index (χ1v) is 9.71. The molecule has 0 aromatic heterocycles. The monoisotopic (exact) mass is 468 g/mol. The maximum Gasteiger partial charge on any atom is 0.190 e. The van der Waals surface area contributed by atoms with Gasteiger partial charge in [0.05, 0.1) is 0 Å².